The molecule has 0 aliphatic heterocycles. The van der Waals surface area contributed by atoms with Gasteiger partial charge in [0.15, 0.2) is 5.78 Å². The highest BCUT2D eigenvalue weighted by molar-refractivity contribution is 9.10. The topological polar surface area (TPSA) is 63.1 Å². The summed E-state index contributed by atoms with van der Waals surface area (Å²) >= 11 is 9.31. The molecule has 2 aromatic carbocycles. The Morgan fingerprint density at radius 3 is 2.79 bits per heavy atom. The van der Waals surface area contributed by atoms with Crippen molar-refractivity contribution in [1.29, 1.82) is 5.26 Å². The van der Waals surface area contributed by atoms with Gasteiger partial charge < -0.3 is 4.57 Å². The summed E-state index contributed by atoms with van der Waals surface area (Å²) < 4.78 is 42.8. The van der Waals surface area contributed by atoms with Crippen LogP contribution in [0.25, 0.3) is 16.8 Å². The smallest absolute Gasteiger partial charge is 0.256 e. The molecule has 0 atom stereocenters. The molecule has 0 spiro atoms. The number of imidazole rings is 2. The molecule has 5 nitrogen and oxygen atoms in total. The van der Waals surface area contributed by atoms with Gasteiger partial charge in [0.2, 0.25) is 5.78 Å². The first-order valence-electron chi connectivity index (χ1n) is 8.19. The summed E-state index contributed by atoms with van der Waals surface area (Å²) in [4.78, 5) is 17.2. The molecule has 0 radical (unpaired) electrons. The van der Waals surface area contributed by atoms with Crippen molar-refractivity contribution < 1.29 is 18.0 Å². The van der Waals surface area contributed by atoms with Gasteiger partial charge in [-0.05, 0) is 40.2 Å². The molecule has 2 aromatic heterocycles. The van der Waals surface area contributed by atoms with Crippen molar-refractivity contribution >= 4 is 50.1 Å². The largest absolute Gasteiger partial charge is 0.304 e. The van der Waals surface area contributed by atoms with Gasteiger partial charge in [-0.15, -0.1) is 0 Å². The summed E-state index contributed by atoms with van der Waals surface area (Å²) in [5.74, 6) is -1.12. The molecule has 0 amide bonds. The van der Waals surface area contributed by atoms with Crippen LogP contribution in [0.2, 0.25) is 5.02 Å². The van der Waals surface area contributed by atoms with Gasteiger partial charge in [-0.3, -0.25) is 9.20 Å². The zero-order valence-corrected chi connectivity index (χ0v) is 16.7. The lowest BCUT2D eigenvalue weighted by atomic mass is 9.97. The van der Waals surface area contributed by atoms with Crippen molar-refractivity contribution in [2.75, 3.05) is 0 Å². The number of halogens is 5. The van der Waals surface area contributed by atoms with Crippen LogP contribution in [0.4, 0.5) is 13.2 Å². The van der Waals surface area contributed by atoms with E-state index in [1.165, 1.54) is 33.5 Å². The van der Waals surface area contributed by atoms with E-state index in [1.807, 2.05) is 6.07 Å². The maximum absolute atomic E-state index is 13.7. The highest BCUT2D eigenvalue weighted by atomic mass is 79.9. The van der Waals surface area contributed by atoms with E-state index in [2.05, 4.69) is 20.9 Å². The first kappa shape index (κ1) is 19.5. The van der Waals surface area contributed by atoms with Crippen molar-refractivity contribution in [2.45, 2.75) is 13.0 Å². The third-order valence-electron chi connectivity index (χ3n) is 4.46. The van der Waals surface area contributed by atoms with E-state index in [1.54, 1.807) is 0 Å². The Morgan fingerprint density at radius 2 is 2.10 bits per heavy atom. The lowest BCUT2D eigenvalue weighted by molar-refractivity contribution is 0.103. The normalized spacial score (nSPS) is 11.5. The number of nitriles is 1. The van der Waals surface area contributed by atoms with E-state index in [9.17, 15) is 23.2 Å². The van der Waals surface area contributed by atoms with Crippen molar-refractivity contribution in [2.24, 2.45) is 0 Å². The molecular formula is C19H9BrClF3N4O. The summed E-state index contributed by atoms with van der Waals surface area (Å²) in [7, 11) is 0. The van der Waals surface area contributed by atoms with Gasteiger partial charge in [0.25, 0.3) is 6.43 Å². The number of nitrogens with zero attached hydrogens (tertiary/aromatic N) is 4. The fourth-order valence-electron chi connectivity index (χ4n) is 3.31. The van der Waals surface area contributed by atoms with E-state index >= 15 is 0 Å². The van der Waals surface area contributed by atoms with Crippen LogP contribution >= 0.6 is 27.5 Å². The number of aromatic nitrogens is 3. The fraction of sp³-hybridized carbons (Fsp3) is 0.105. The fourth-order valence-corrected chi connectivity index (χ4v) is 4.11. The van der Waals surface area contributed by atoms with Crippen molar-refractivity contribution in [1.82, 2.24) is 14.0 Å². The minimum absolute atomic E-state index is 0.0235. The van der Waals surface area contributed by atoms with Gasteiger partial charge in [-0.1, -0.05) is 11.6 Å². The minimum atomic E-state index is -2.65. The number of carbonyl (C=O) groups is 1. The van der Waals surface area contributed by atoms with Crippen molar-refractivity contribution in [3.63, 3.8) is 0 Å². The third-order valence-corrected chi connectivity index (χ3v) is 5.41. The Labute approximate surface area is 175 Å². The average Bonchev–Trinajstić information content (AvgIpc) is 3.24. The number of benzene rings is 2. The molecule has 4 rings (SSSR count). The Hall–Kier alpha value is -2.83. The van der Waals surface area contributed by atoms with Crippen LogP contribution in [-0.2, 0) is 6.54 Å². The number of hydrogen-bond acceptors (Lipinski definition) is 3. The van der Waals surface area contributed by atoms with Crippen molar-refractivity contribution in [3.8, 4) is 6.07 Å². The zero-order chi connectivity index (χ0) is 20.9. The summed E-state index contributed by atoms with van der Waals surface area (Å²) in [6.07, 6.45) is 0.269. The first-order chi connectivity index (χ1) is 13.8. The molecule has 146 valence electrons. The maximum atomic E-state index is 13.7. The standard InChI is InChI=1S/C19H9BrClF3N4O/c20-12-6-14-17(27-4-3-26-19(27)28(14)8-15(23)24)11(7-25)16(12)18(29)10-5-9(22)1-2-13(10)21/h1-6,15H,8H2. The predicted molar refractivity (Wildman–Crippen MR) is 104 cm³/mol. The third kappa shape index (κ3) is 3.09. The number of ketones is 1. The van der Waals surface area contributed by atoms with E-state index in [-0.39, 0.29) is 37.5 Å². The zero-order valence-electron chi connectivity index (χ0n) is 14.3. The van der Waals surface area contributed by atoms with Gasteiger partial charge in [0.05, 0.1) is 33.7 Å². The molecule has 0 saturated carbocycles. The second-order valence-corrected chi connectivity index (χ2v) is 7.40. The van der Waals surface area contributed by atoms with E-state index < -0.39 is 24.6 Å². The van der Waals surface area contributed by atoms with Crippen LogP contribution in [0.1, 0.15) is 21.5 Å². The predicted octanol–water partition coefficient (Wildman–Crippen LogP) is 5.21. The molecule has 0 bridgehead atoms. The van der Waals surface area contributed by atoms with Gasteiger partial charge in [0.1, 0.15) is 11.9 Å². The van der Waals surface area contributed by atoms with E-state index in [0.717, 1.165) is 12.1 Å². The second kappa shape index (κ2) is 7.21. The number of fused-ring (bicyclic) bond motifs is 3. The van der Waals surface area contributed by atoms with Crippen LogP contribution in [0.5, 0.6) is 0 Å². The molecular weight excluding hydrogens is 473 g/mol. The van der Waals surface area contributed by atoms with Gasteiger partial charge in [-0.2, -0.15) is 5.26 Å². The number of hydrogen-bond donors (Lipinski definition) is 0. The molecule has 0 aliphatic carbocycles. The van der Waals surface area contributed by atoms with E-state index in [4.69, 9.17) is 11.6 Å². The quantitative estimate of drug-likeness (QED) is 0.376. The molecule has 0 fully saturated rings. The molecule has 0 saturated heterocycles. The van der Waals surface area contributed by atoms with Gasteiger partial charge in [0, 0.05) is 22.4 Å². The van der Waals surface area contributed by atoms with Crippen LogP contribution in [-0.4, -0.2) is 26.2 Å². The van der Waals surface area contributed by atoms with Crippen LogP contribution in [0, 0.1) is 17.1 Å². The van der Waals surface area contributed by atoms with Crippen LogP contribution < -0.4 is 0 Å². The van der Waals surface area contributed by atoms with Gasteiger partial charge >= 0.3 is 0 Å². The number of alkyl halides is 2. The molecule has 0 aliphatic rings. The lowest BCUT2D eigenvalue weighted by Gasteiger charge is -2.11. The summed E-state index contributed by atoms with van der Waals surface area (Å²) in [6.45, 7) is -0.635. The number of rotatable bonds is 4. The average molecular weight is 482 g/mol. The Balaban J connectivity index is 2.07. The van der Waals surface area contributed by atoms with Gasteiger partial charge in [-0.25, -0.2) is 18.2 Å². The number of carbonyl (C=O) groups excluding carboxylic acids is 1. The molecule has 29 heavy (non-hydrogen) atoms. The SMILES string of the molecule is N#Cc1c(C(=O)c2cc(F)ccc2Cl)c(Br)cc2c1n1ccnc1n2CC(F)F. The minimum Gasteiger partial charge on any atom is -0.304 e. The highest BCUT2D eigenvalue weighted by Gasteiger charge is 2.26. The Morgan fingerprint density at radius 1 is 1.34 bits per heavy atom. The summed E-state index contributed by atoms with van der Waals surface area (Å²) in [5.41, 5.74) is 0.337. The summed E-state index contributed by atoms with van der Waals surface area (Å²) in [6, 6.07) is 6.78. The molecule has 10 heteroatoms. The monoisotopic (exact) mass is 480 g/mol. The van der Waals surface area contributed by atoms with Crippen LogP contribution in [0.15, 0.2) is 41.1 Å². The first-order valence-corrected chi connectivity index (χ1v) is 9.36. The Kier molecular flexibility index (Phi) is 4.84. The van der Waals surface area contributed by atoms with Crippen molar-refractivity contribution in [3.05, 3.63) is 68.7 Å². The summed E-state index contributed by atoms with van der Waals surface area (Å²) in [5, 5.41) is 9.85. The lowest BCUT2D eigenvalue weighted by Crippen LogP contribution is -2.09. The highest BCUT2D eigenvalue weighted by Crippen LogP contribution is 2.34. The molecule has 2 heterocycles. The molecule has 0 unspecified atom stereocenters. The molecule has 0 N–H and O–H groups in total. The van der Waals surface area contributed by atoms with Crippen LogP contribution in [0.3, 0.4) is 0 Å². The Bertz CT molecular complexity index is 1340. The second-order valence-electron chi connectivity index (χ2n) is 6.14. The maximum Gasteiger partial charge on any atom is 0.256 e. The van der Waals surface area contributed by atoms with E-state index in [0.29, 0.717) is 5.52 Å². The molecule has 4 aromatic rings.